The quantitative estimate of drug-likeness (QED) is 0.649. The molecular weight excluding hydrogens is 226 g/mol. The molecule has 0 radical (unpaired) electrons. The monoisotopic (exact) mass is 241 g/mol. The Balaban J connectivity index is 1.98. The fraction of sp³-hybridized carbons (Fsp3) is 0.143. The van der Waals surface area contributed by atoms with Gasteiger partial charge in [0.1, 0.15) is 0 Å². The van der Waals surface area contributed by atoms with E-state index < -0.39 is 0 Å². The molecule has 0 bridgehead atoms. The maximum Gasteiger partial charge on any atom is 0.271 e. The minimum Gasteiger partial charge on any atom is -0.350 e. The normalized spacial score (nSPS) is 10.8. The Hall–Kier alpha value is -2.36. The molecular formula is C14H15N3O. The third kappa shape index (κ3) is 2.85. The number of hydrogen-bond donors (Lipinski definition) is 1. The van der Waals surface area contributed by atoms with Gasteiger partial charge in [-0.1, -0.05) is 17.7 Å². The van der Waals surface area contributed by atoms with Crippen LogP contribution in [-0.4, -0.2) is 16.7 Å². The Bertz CT molecular complexity index is 567. The van der Waals surface area contributed by atoms with Crippen molar-refractivity contribution < 1.29 is 4.79 Å². The number of nitrogens with one attached hydrogen (secondary N) is 1. The third-order valence-corrected chi connectivity index (χ3v) is 2.66. The van der Waals surface area contributed by atoms with Crippen molar-refractivity contribution in [2.45, 2.75) is 6.92 Å². The SMILES string of the molecule is Cc1ccc(C(=O)NN=Cc2cccn2C)cc1. The zero-order valence-corrected chi connectivity index (χ0v) is 10.4. The maximum absolute atomic E-state index is 11.7. The van der Waals surface area contributed by atoms with Gasteiger partial charge in [0.05, 0.1) is 11.9 Å². The average Bonchev–Trinajstić information content (AvgIpc) is 2.76. The van der Waals surface area contributed by atoms with Crippen molar-refractivity contribution >= 4 is 12.1 Å². The third-order valence-electron chi connectivity index (χ3n) is 2.66. The molecule has 1 N–H and O–H groups in total. The highest BCUT2D eigenvalue weighted by molar-refractivity contribution is 5.94. The van der Waals surface area contributed by atoms with Crippen LogP contribution in [0.3, 0.4) is 0 Å². The van der Waals surface area contributed by atoms with E-state index in [1.165, 1.54) is 0 Å². The first kappa shape index (κ1) is 12.1. The second-order valence-corrected chi connectivity index (χ2v) is 4.11. The number of hydrogen-bond acceptors (Lipinski definition) is 2. The molecule has 0 saturated carbocycles. The van der Waals surface area contributed by atoms with E-state index >= 15 is 0 Å². The first-order valence-electron chi connectivity index (χ1n) is 5.68. The minimum atomic E-state index is -0.208. The Morgan fingerprint density at radius 1 is 1.28 bits per heavy atom. The van der Waals surface area contributed by atoms with Gasteiger partial charge in [0, 0.05) is 18.8 Å². The molecule has 0 aliphatic rings. The summed E-state index contributed by atoms with van der Waals surface area (Å²) in [4.78, 5) is 11.7. The summed E-state index contributed by atoms with van der Waals surface area (Å²) in [5.41, 5.74) is 5.16. The van der Waals surface area contributed by atoms with Gasteiger partial charge in [-0.05, 0) is 31.2 Å². The van der Waals surface area contributed by atoms with Crippen molar-refractivity contribution in [3.63, 3.8) is 0 Å². The molecule has 18 heavy (non-hydrogen) atoms. The maximum atomic E-state index is 11.7. The van der Waals surface area contributed by atoms with Gasteiger partial charge in [0.25, 0.3) is 5.91 Å². The summed E-state index contributed by atoms with van der Waals surface area (Å²) in [6.45, 7) is 1.98. The second-order valence-electron chi connectivity index (χ2n) is 4.11. The average molecular weight is 241 g/mol. The second kappa shape index (κ2) is 5.31. The highest BCUT2D eigenvalue weighted by Crippen LogP contribution is 2.02. The van der Waals surface area contributed by atoms with Gasteiger partial charge < -0.3 is 4.57 Å². The van der Waals surface area contributed by atoms with Gasteiger partial charge in [-0.3, -0.25) is 4.79 Å². The predicted molar refractivity (Wildman–Crippen MR) is 71.7 cm³/mol. The number of benzene rings is 1. The van der Waals surface area contributed by atoms with Gasteiger partial charge in [0.2, 0.25) is 0 Å². The van der Waals surface area contributed by atoms with Crippen LogP contribution in [0.1, 0.15) is 21.6 Å². The van der Waals surface area contributed by atoms with Crippen molar-refractivity contribution in [3.05, 3.63) is 59.4 Å². The molecule has 2 rings (SSSR count). The minimum absolute atomic E-state index is 0.208. The molecule has 0 fully saturated rings. The fourth-order valence-corrected chi connectivity index (χ4v) is 1.53. The highest BCUT2D eigenvalue weighted by atomic mass is 16.2. The number of aryl methyl sites for hydroxylation is 2. The summed E-state index contributed by atoms with van der Waals surface area (Å²) in [7, 11) is 1.92. The van der Waals surface area contributed by atoms with Crippen molar-refractivity contribution in [3.8, 4) is 0 Å². The Kier molecular flexibility index (Phi) is 3.57. The van der Waals surface area contributed by atoms with E-state index in [-0.39, 0.29) is 5.91 Å². The van der Waals surface area contributed by atoms with Gasteiger partial charge in [-0.25, -0.2) is 5.43 Å². The number of hydrazone groups is 1. The molecule has 1 amide bonds. The summed E-state index contributed by atoms with van der Waals surface area (Å²) < 4.78 is 1.92. The Morgan fingerprint density at radius 2 is 2.00 bits per heavy atom. The van der Waals surface area contributed by atoms with E-state index in [0.29, 0.717) is 5.56 Å². The largest absolute Gasteiger partial charge is 0.350 e. The summed E-state index contributed by atoms with van der Waals surface area (Å²) in [5, 5.41) is 3.93. The lowest BCUT2D eigenvalue weighted by molar-refractivity contribution is 0.0955. The lowest BCUT2D eigenvalue weighted by Gasteiger charge is -2.00. The lowest BCUT2D eigenvalue weighted by atomic mass is 10.1. The van der Waals surface area contributed by atoms with Crippen LogP contribution in [0, 0.1) is 6.92 Å². The van der Waals surface area contributed by atoms with Gasteiger partial charge in [-0.2, -0.15) is 5.10 Å². The van der Waals surface area contributed by atoms with Crippen molar-refractivity contribution in [1.29, 1.82) is 0 Å². The fourth-order valence-electron chi connectivity index (χ4n) is 1.53. The lowest BCUT2D eigenvalue weighted by Crippen LogP contribution is -2.17. The van der Waals surface area contributed by atoms with Crippen molar-refractivity contribution in [1.82, 2.24) is 9.99 Å². The molecule has 1 heterocycles. The van der Waals surface area contributed by atoms with Gasteiger partial charge in [-0.15, -0.1) is 0 Å². The number of nitrogens with zero attached hydrogens (tertiary/aromatic N) is 2. The van der Waals surface area contributed by atoms with E-state index in [1.807, 2.05) is 49.0 Å². The van der Waals surface area contributed by atoms with Crippen LogP contribution in [0.4, 0.5) is 0 Å². The van der Waals surface area contributed by atoms with E-state index in [9.17, 15) is 4.79 Å². The Morgan fingerprint density at radius 3 is 2.61 bits per heavy atom. The smallest absolute Gasteiger partial charge is 0.271 e. The van der Waals surface area contributed by atoms with Crippen molar-refractivity contribution in [2.24, 2.45) is 12.1 Å². The summed E-state index contributed by atoms with van der Waals surface area (Å²) in [6.07, 6.45) is 3.54. The number of carbonyl (C=O) groups is 1. The molecule has 0 aliphatic heterocycles. The molecule has 0 spiro atoms. The number of rotatable bonds is 3. The number of aromatic nitrogens is 1. The zero-order chi connectivity index (χ0) is 13.0. The van der Waals surface area contributed by atoms with Crippen molar-refractivity contribution in [2.75, 3.05) is 0 Å². The topological polar surface area (TPSA) is 46.4 Å². The van der Waals surface area contributed by atoms with E-state index in [1.54, 1.807) is 18.3 Å². The van der Waals surface area contributed by atoms with Crippen LogP contribution in [0.25, 0.3) is 0 Å². The first-order valence-corrected chi connectivity index (χ1v) is 5.68. The van der Waals surface area contributed by atoms with Crippen LogP contribution < -0.4 is 5.43 Å². The van der Waals surface area contributed by atoms with Gasteiger partial charge >= 0.3 is 0 Å². The van der Waals surface area contributed by atoms with Gasteiger partial charge in [0.15, 0.2) is 0 Å². The number of carbonyl (C=O) groups excluding carboxylic acids is 1. The molecule has 0 atom stereocenters. The summed E-state index contributed by atoms with van der Waals surface area (Å²) in [5.74, 6) is -0.208. The summed E-state index contributed by atoms with van der Waals surface area (Å²) in [6, 6.07) is 11.2. The summed E-state index contributed by atoms with van der Waals surface area (Å²) >= 11 is 0. The van der Waals surface area contributed by atoms with Crippen LogP contribution in [0.5, 0.6) is 0 Å². The first-order chi connectivity index (χ1) is 8.66. The molecule has 1 aromatic carbocycles. The Labute approximate surface area is 106 Å². The van der Waals surface area contributed by atoms with E-state index in [0.717, 1.165) is 11.3 Å². The highest BCUT2D eigenvalue weighted by Gasteiger charge is 2.02. The zero-order valence-electron chi connectivity index (χ0n) is 10.4. The molecule has 92 valence electrons. The predicted octanol–water partition coefficient (Wildman–Crippen LogP) is 2.10. The van der Waals surface area contributed by atoms with Crippen LogP contribution in [0.15, 0.2) is 47.7 Å². The molecule has 0 unspecified atom stereocenters. The van der Waals surface area contributed by atoms with E-state index in [4.69, 9.17) is 0 Å². The standard InChI is InChI=1S/C14H15N3O/c1-11-5-7-12(8-6-11)14(18)16-15-10-13-4-3-9-17(13)2/h3-10H,1-2H3,(H,16,18). The molecule has 0 saturated heterocycles. The molecule has 2 aromatic rings. The van der Waals surface area contributed by atoms with E-state index in [2.05, 4.69) is 10.5 Å². The molecule has 4 heteroatoms. The molecule has 1 aromatic heterocycles. The van der Waals surface area contributed by atoms with Crippen LogP contribution in [0.2, 0.25) is 0 Å². The van der Waals surface area contributed by atoms with Crippen LogP contribution in [-0.2, 0) is 7.05 Å². The molecule has 4 nitrogen and oxygen atoms in total. The number of amides is 1. The van der Waals surface area contributed by atoms with Crippen LogP contribution >= 0.6 is 0 Å². The molecule has 0 aliphatic carbocycles.